The predicted octanol–water partition coefficient (Wildman–Crippen LogP) is 4.38. The average Bonchev–Trinajstić information content (AvgIpc) is 2.37. The Morgan fingerprint density at radius 1 is 1.35 bits per heavy atom. The van der Waals surface area contributed by atoms with Gasteiger partial charge in [-0.1, -0.05) is 37.7 Å². The van der Waals surface area contributed by atoms with Crippen LogP contribution in [0.5, 0.6) is 0 Å². The molecule has 0 heterocycles. The van der Waals surface area contributed by atoms with Crippen LogP contribution in [0.4, 0.5) is 5.69 Å². The Bertz CT molecular complexity index is 503. The van der Waals surface area contributed by atoms with Crippen molar-refractivity contribution in [1.82, 2.24) is 0 Å². The van der Waals surface area contributed by atoms with Crippen molar-refractivity contribution in [2.75, 3.05) is 11.9 Å². The van der Waals surface area contributed by atoms with E-state index in [1.807, 2.05) is 18.2 Å². The summed E-state index contributed by atoms with van der Waals surface area (Å²) >= 11 is 11.4. The van der Waals surface area contributed by atoms with Crippen LogP contribution in [-0.2, 0) is 0 Å². The molecule has 1 aromatic rings. The molecule has 0 unspecified atom stereocenters. The summed E-state index contributed by atoms with van der Waals surface area (Å²) in [4.78, 5) is 2.70. The molecule has 2 N–H and O–H groups in total. The van der Waals surface area contributed by atoms with E-state index in [-0.39, 0.29) is 0 Å². The topological polar surface area (TPSA) is 29.3 Å². The third-order valence-electron chi connectivity index (χ3n) is 4.47. The molecule has 1 aromatic carbocycles. The molecule has 0 saturated heterocycles. The van der Waals surface area contributed by atoms with Crippen molar-refractivity contribution >= 4 is 34.5 Å². The van der Waals surface area contributed by atoms with E-state index in [4.69, 9.17) is 29.6 Å². The van der Waals surface area contributed by atoms with E-state index < -0.39 is 0 Å². The van der Waals surface area contributed by atoms with Gasteiger partial charge >= 0.3 is 0 Å². The predicted molar refractivity (Wildman–Crippen MR) is 91.8 cm³/mol. The maximum atomic E-state index is 6.39. The summed E-state index contributed by atoms with van der Waals surface area (Å²) in [6, 6.07) is 6.41. The fourth-order valence-corrected chi connectivity index (χ4v) is 3.36. The molecule has 4 heteroatoms. The highest BCUT2D eigenvalue weighted by atomic mass is 35.5. The lowest BCUT2D eigenvalue weighted by molar-refractivity contribution is 0.222. The molecule has 0 radical (unpaired) electrons. The van der Waals surface area contributed by atoms with Crippen LogP contribution < -0.4 is 10.6 Å². The third-order valence-corrected chi connectivity index (χ3v) is 5.01. The van der Waals surface area contributed by atoms with Crippen LogP contribution in [0.25, 0.3) is 0 Å². The van der Waals surface area contributed by atoms with Gasteiger partial charge in [0.25, 0.3) is 0 Å². The average molecular weight is 311 g/mol. The number of benzene rings is 1. The second kappa shape index (κ2) is 5.90. The first-order valence-electron chi connectivity index (χ1n) is 7.12. The zero-order chi connectivity index (χ0) is 14.9. The zero-order valence-electron chi connectivity index (χ0n) is 12.4. The van der Waals surface area contributed by atoms with Crippen LogP contribution in [0, 0.1) is 5.41 Å². The minimum absolute atomic E-state index is 0.389. The smallest absolute Gasteiger partial charge is 0.104 e. The molecule has 1 aliphatic carbocycles. The van der Waals surface area contributed by atoms with Gasteiger partial charge in [-0.2, -0.15) is 0 Å². The van der Waals surface area contributed by atoms with E-state index in [2.05, 4.69) is 25.8 Å². The summed E-state index contributed by atoms with van der Waals surface area (Å²) in [5.41, 5.74) is 8.02. The number of anilines is 1. The standard InChI is InChI=1S/C16H23ClN2S/c1-16(2)8-6-12(7-9-16)19(3)14-5-4-11(15(18)20)10-13(14)17/h4-5,10,12H,6-9H2,1-3H3,(H2,18,20). The summed E-state index contributed by atoms with van der Waals surface area (Å²) in [5.74, 6) is 0. The molecule has 20 heavy (non-hydrogen) atoms. The van der Waals surface area contributed by atoms with Gasteiger partial charge in [-0.05, 0) is 49.3 Å². The molecular formula is C16H23ClN2S. The Morgan fingerprint density at radius 3 is 2.45 bits per heavy atom. The maximum absolute atomic E-state index is 6.39. The Hall–Kier alpha value is -0.800. The number of hydrogen-bond donors (Lipinski definition) is 1. The van der Waals surface area contributed by atoms with Crippen molar-refractivity contribution in [3.8, 4) is 0 Å². The normalized spacial score (nSPS) is 18.8. The van der Waals surface area contributed by atoms with Crippen LogP contribution >= 0.6 is 23.8 Å². The second-order valence-corrected chi connectivity index (χ2v) is 7.38. The first-order valence-corrected chi connectivity index (χ1v) is 7.91. The molecule has 0 aromatic heterocycles. The van der Waals surface area contributed by atoms with Crippen molar-refractivity contribution in [2.24, 2.45) is 11.1 Å². The van der Waals surface area contributed by atoms with Gasteiger partial charge in [-0.3, -0.25) is 0 Å². The van der Waals surface area contributed by atoms with E-state index in [1.165, 1.54) is 25.7 Å². The van der Waals surface area contributed by atoms with Gasteiger partial charge in [-0.25, -0.2) is 0 Å². The zero-order valence-corrected chi connectivity index (χ0v) is 14.0. The van der Waals surface area contributed by atoms with E-state index in [9.17, 15) is 0 Å². The van der Waals surface area contributed by atoms with Crippen molar-refractivity contribution in [3.63, 3.8) is 0 Å². The molecule has 110 valence electrons. The molecule has 1 aliphatic rings. The molecular weight excluding hydrogens is 288 g/mol. The molecule has 0 spiro atoms. The Labute approximate surface area is 132 Å². The summed E-state index contributed by atoms with van der Waals surface area (Å²) in [6.07, 6.45) is 4.98. The summed E-state index contributed by atoms with van der Waals surface area (Å²) in [5, 5.41) is 0.725. The lowest BCUT2D eigenvalue weighted by Crippen LogP contribution is -2.37. The summed E-state index contributed by atoms with van der Waals surface area (Å²) in [6.45, 7) is 4.71. The van der Waals surface area contributed by atoms with Gasteiger partial charge in [0.2, 0.25) is 0 Å². The summed E-state index contributed by atoms with van der Waals surface area (Å²) < 4.78 is 0. The molecule has 2 nitrogen and oxygen atoms in total. The van der Waals surface area contributed by atoms with Crippen molar-refractivity contribution < 1.29 is 0 Å². The number of rotatable bonds is 3. The molecule has 0 amide bonds. The first-order chi connectivity index (χ1) is 9.30. The van der Waals surface area contributed by atoms with Gasteiger partial charge in [0.15, 0.2) is 0 Å². The molecule has 0 aliphatic heterocycles. The number of halogens is 1. The summed E-state index contributed by atoms with van der Waals surface area (Å²) in [7, 11) is 2.13. The van der Waals surface area contributed by atoms with Crippen molar-refractivity contribution in [1.29, 1.82) is 0 Å². The third kappa shape index (κ3) is 3.44. The van der Waals surface area contributed by atoms with E-state index >= 15 is 0 Å². The largest absolute Gasteiger partial charge is 0.389 e. The van der Waals surface area contributed by atoms with Crippen LogP contribution in [0.1, 0.15) is 45.1 Å². The van der Waals surface area contributed by atoms with Crippen molar-refractivity contribution in [3.05, 3.63) is 28.8 Å². The van der Waals surface area contributed by atoms with E-state index in [0.29, 0.717) is 16.4 Å². The number of thiocarbonyl (C=S) groups is 1. The Morgan fingerprint density at radius 2 is 1.95 bits per heavy atom. The molecule has 2 rings (SSSR count). The quantitative estimate of drug-likeness (QED) is 0.840. The van der Waals surface area contributed by atoms with Crippen LogP contribution in [0.3, 0.4) is 0 Å². The lowest BCUT2D eigenvalue weighted by Gasteiger charge is -2.39. The second-order valence-electron chi connectivity index (χ2n) is 6.54. The number of nitrogens with two attached hydrogens (primary N) is 1. The van der Waals surface area contributed by atoms with Crippen LogP contribution in [-0.4, -0.2) is 18.1 Å². The number of hydrogen-bond acceptors (Lipinski definition) is 2. The highest BCUT2D eigenvalue weighted by Gasteiger charge is 2.29. The van der Waals surface area contributed by atoms with Crippen LogP contribution in [0.15, 0.2) is 18.2 Å². The molecule has 0 atom stereocenters. The first kappa shape index (κ1) is 15.6. The van der Waals surface area contributed by atoms with Crippen molar-refractivity contribution in [2.45, 2.75) is 45.6 Å². The fourth-order valence-electron chi connectivity index (χ4n) is 2.91. The Kier molecular flexibility index (Phi) is 4.60. The molecule has 0 bridgehead atoms. The van der Waals surface area contributed by atoms with Gasteiger partial charge in [0.1, 0.15) is 4.99 Å². The minimum atomic E-state index is 0.389. The van der Waals surface area contributed by atoms with Gasteiger partial charge in [0, 0.05) is 18.7 Å². The lowest BCUT2D eigenvalue weighted by atomic mass is 9.75. The Balaban J connectivity index is 2.13. The van der Waals surface area contributed by atoms with E-state index in [1.54, 1.807) is 0 Å². The van der Waals surface area contributed by atoms with E-state index in [0.717, 1.165) is 16.3 Å². The van der Waals surface area contributed by atoms with Gasteiger partial charge in [-0.15, -0.1) is 0 Å². The van der Waals surface area contributed by atoms with Crippen LogP contribution in [0.2, 0.25) is 5.02 Å². The maximum Gasteiger partial charge on any atom is 0.104 e. The fraction of sp³-hybridized carbons (Fsp3) is 0.562. The SMILES string of the molecule is CN(c1ccc(C(N)=S)cc1Cl)C1CCC(C)(C)CC1. The molecule has 1 fully saturated rings. The number of nitrogens with zero attached hydrogens (tertiary/aromatic N) is 1. The highest BCUT2D eigenvalue weighted by Crippen LogP contribution is 2.39. The van der Waals surface area contributed by atoms with Gasteiger partial charge in [0.05, 0.1) is 10.7 Å². The minimum Gasteiger partial charge on any atom is -0.389 e. The highest BCUT2D eigenvalue weighted by molar-refractivity contribution is 7.80. The molecule has 1 saturated carbocycles. The van der Waals surface area contributed by atoms with Gasteiger partial charge < -0.3 is 10.6 Å². The monoisotopic (exact) mass is 310 g/mol.